The number of aromatic nitrogens is 2. The van der Waals surface area contributed by atoms with Crippen molar-refractivity contribution in [2.45, 2.75) is 0 Å². The van der Waals surface area contributed by atoms with E-state index in [-0.39, 0.29) is 0 Å². The summed E-state index contributed by atoms with van der Waals surface area (Å²) in [6, 6.07) is 61.5. The number of benzene rings is 8. The van der Waals surface area contributed by atoms with Gasteiger partial charge in [-0.25, -0.2) is 4.98 Å². The molecule has 0 bridgehead atoms. The Bertz CT molecular complexity index is 3130. The first kappa shape index (κ1) is 28.7. The third kappa shape index (κ3) is 4.39. The van der Waals surface area contributed by atoms with Gasteiger partial charge in [0.1, 0.15) is 16.7 Å². The standard InChI is InChI=1S/C47H29N3O2/c1-2-11-32(12-3-1)50-41-16-8-6-14-37(41)40-28-34(24-26-42(40)50)49(35-23-25-39-38-15-7-9-17-43(38)51-45(39)29-35)33-21-18-31(19-22-33)47-48-46-36-13-5-4-10-30(36)20-27-44(46)52-47/h1-29H. The Hall–Kier alpha value is -7.11. The molecule has 0 aliphatic carbocycles. The van der Waals surface area contributed by atoms with E-state index in [0.29, 0.717) is 5.89 Å². The summed E-state index contributed by atoms with van der Waals surface area (Å²) in [5.41, 5.74) is 10.8. The van der Waals surface area contributed by atoms with E-state index in [2.05, 4.69) is 155 Å². The largest absolute Gasteiger partial charge is 0.456 e. The van der Waals surface area contributed by atoms with Gasteiger partial charge in [0.2, 0.25) is 5.89 Å². The van der Waals surface area contributed by atoms with E-state index in [4.69, 9.17) is 13.8 Å². The highest BCUT2D eigenvalue weighted by Crippen LogP contribution is 2.42. The molecular formula is C47H29N3O2. The summed E-state index contributed by atoms with van der Waals surface area (Å²) < 4.78 is 15.0. The van der Waals surface area contributed by atoms with E-state index in [9.17, 15) is 0 Å². The maximum absolute atomic E-state index is 6.38. The molecule has 0 amide bonds. The van der Waals surface area contributed by atoms with E-state index in [1.165, 1.54) is 16.3 Å². The maximum Gasteiger partial charge on any atom is 0.227 e. The van der Waals surface area contributed by atoms with Crippen LogP contribution in [0.3, 0.4) is 0 Å². The van der Waals surface area contributed by atoms with E-state index < -0.39 is 0 Å². The third-order valence-corrected chi connectivity index (χ3v) is 10.2. The number of oxazole rings is 1. The molecular weight excluding hydrogens is 639 g/mol. The Kier molecular flexibility index (Phi) is 6.18. The van der Waals surface area contributed by atoms with Crippen LogP contribution in [0, 0.1) is 0 Å². The molecule has 8 aromatic carbocycles. The summed E-state index contributed by atoms with van der Waals surface area (Å²) in [7, 11) is 0. The Labute approximate surface area is 298 Å². The van der Waals surface area contributed by atoms with Crippen molar-refractivity contribution < 1.29 is 8.83 Å². The average molecular weight is 668 g/mol. The van der Waals surface area contributed by atoms with Crippen LogP contribution >= 0.6 is 0 Å². The molecule has 0 fully saturated rings. The van der Waals surface area contributed by atoms with Gasteiger partial charge in [-0.15, -0.1) is 0 Å². The van der Waals surface area contributed by atoms with Gasteiger partial charge in [-0.3, -0.25) is 0 Å². The summed E-state index contributed by atoms with van der Waals surface area (Å²) in [5.74, 6) is 0.600. The zero-order valence-corrected chi connectivity index (χ0v) is 27.9. The molecule has 0 radical (unpaired) electrons. The van der Waals surface area contributed by atoms with Gasteiger partial charge in [-0.05, 0) is 90.3 Å². The summed E-state index contributed by atoms with van der Waals surface area (Å²) in [5, 5.41) is 6.83. The van der Waals surface area contributed by atoms with Crippen molar-refractivity contribution >= 4 is 82.7 Å². The topological polar surface area (TPSA) is 47.3 Å². The van der Waals surface area contributed by atoms with E-state index >= 15 is 0 Å². The lowest BCUT2D eigenvalue weighted by molar-refractivity contribution is 0.620. The predicted octanol–water partition coefficient (Wildman–Crippen LogP) is 13.1. The maximum atomic E-state index is 6.38. The van der Waals surface area contributed by atoms with Crippen LogP contribution in [0.1, 0.15) is 0 Å². The van der Waals surface area contributed by atoms with Crippen LogP contribution in [-0.4, -0.2) is 9.55 Å². The second kappa shape index (κ2) is 11.2. The molecule has 0 saturated heterocycles. The van der Waals surface area contributed by atoms with Crippen LogP contribution in [0.25, 0.3) is 82.8 Å². The molecule has 0 atom stereocenters. The van der Waals surface area contributed by atoms with Crippen LogP contribution in [0.15, 0.2) is 185 Å². The fraction of sp³-hybridized carbons (Fsp3) is 0. The van der Waals surface area contributed by atoms with Crippen molar-refractivity contribution in [3.63, 3.8) is 0 Å². The van der Waals surface area contributed by atoms with Crippen molar-refractivity contribution in [2.75, 3.05) is 4.90 Å². The van der Waals surface area contributed by atoms with Gasteiger partial charge in [0.15, 0.2) is 5.58 Å². The van der Waals surface area contributed by atoms with Gasteiger partial charge in [-0.2, -0.15) is 0 Å². The van der Waals surface area contributed by atoms with Crippen LogP contribution in [0.2, 0.25) is 0 Å². The number of nitrogens with zero attached hydrogens (tertiary/aromatic N) is 3. The van der Waals surface area contributed by atoms with Crippen LogP contribution in [-0.2, 0) is 0 Å². The number of para-hydroxylation sites is 3. The lowest BCUT2D eigenvalue weighted by Gasteiger charge is -2.26. The van der Waals surface area contributed by atoms with Gasteiger partial charge in [0.25, 0.3) is 0 Å². The molecule has 11 aromatic rings. The minimum Gasteiger partial charge on any atom is -0.456 e. The van der Waals surface area contributed by atoms with Gasteiger partial charge in [-0.1, -0.05) is 84.9 Å². The zero-order chi connectivity index (χ0) is 34.2. The molecule has 5 nitrogen and oxygen atoms in total. The molecule has 3 aromatic heterocycles. The summed E-state index contributed by atoms with van der Waals surface area (Å²) >= 11 is 0. The lowest BCUT2D eigenvalue weighted by atomic mass is 10.1. The zero-order valence-electron chi connectivity index (χ0n) is 27.9. The average Bonchev–Trinajstić information content (AvgIpc) is 3.91. The molecule has 0 aliphatic heterocycles. The van der Waals surface area contributed by atoms with Gasteiger partial charge >= 0.3 is 0 Å². The summed E-state index contributed by atoms with van der Waals surface area (Å²) in [6.45, 7) is 0. The number of furan rings is 1. The number of hydrogen-bond acceptors (Lipinski definition) is 4. The minimum absolute atomic E-state index is 0.600. The Morgan fingerprint density at radius 2 is 1.10 bits per heavy atom. The van der Waals surface area contributed by atoms with Crippen LogP contribution in [0.5, 0.6) is 0 Å². The van der Waals surface area contributed by atoms with Gasteiger partial charge in [0, 0.05) is 61.3 Å². The Balaban J connectivity index is 1.08. The molecule has 0 saturated carbocycles. The quantitative estimate of drug-likeness (QED) is 0.183. The van der Waals surface area contributed by atoms with E-state index in [1.807, 2.05) is 30.3 Å². The minimum atomic E-state index is 0.600. The first-order valence-electron chi connectivity index (χ1n) is 17.5. The first-order valence-corrected chi connectivity index (χ1v) is 17.5. The second-order valence-electron chi connectivity index (χ2n) is 13.2. The fourth-order valence-electron chi connectivity index (χ4n) is 7.79. The third-order valence-electron chi connectivity index (χ3n) is 10.2. The molecule has 0 unspecified atom stereocenters. The number of hydrogen-bond donors (Lipinski definition) is 0. The van der Waals surface area contributed by atoms with E-state index in [1.54, 1.807) is 0 Å². The highest BCUT2D eigenvalue weighted by atomic mass is 16.3. The Morgan fingerprint density at radius 3 is 1.98 bits per heavy atom. The van der Waals surface area contributed by atoms with Gasteiger partial charge in [0.05, 0.1) is 11.0 Å². The number of fused-ring (bicyclic) bond motifs is 9. The fourth-order valence-corrected chi connectivity index (χ4v) is 7.79. The predicted molar refractivity (Wildman–Crippen MR) is 213 cm³/mol. The van der Waals surface area contributed by atoms with Crippen molar-refractivity contribution in [1.82, 2.24) is 9.55 Å². The van der Waals surface area contributed by atoms with Crippen molar-refractivity contribution in [3.05, 3.63) is 176 Å². The monoisotopic (exact) mass is 667 g/mol. The molecule has 11 rings (SSSR count). The van der Waals surface area contributed by atoms with Crippen LogP contribution < -0.4 is 4.90 Å². The molecule has 0 aliphatic rings. The second-order valence-corrected chi connectivity index (χ2v) is 13.2. The lowest BCUT2D eigenvalue weighted by Crippen LogP contribution is -2.09. The molecule has 0 N–H and O–H groups in total. The molecule has 0 spiro atoms. The first-order chi connectivity index (χ1) is 25.8. The normalized spacial score (nSPS) is 11.8. The summed E-state index contributed by atoms with van der Waals surface area (Å²) in [6.07, 6.45) is 0. The Morgan fingerprint density at radius 1 is 0.423 bits per heavy atom. The SMILES string of the molecule is c1ccc(-n2c3ccccc3c3cc(N(c4ccc(-c5nc6c(ccc7ccccc76)o5)cc4)c4ccc5c(c4)oc4ccccc45)ccc32)cc1. The van der Waals surface area contributed by atoms with Crippen molar-refractivity contribution in [1.29, 1.82) is 0 Å². The smallest absolute Gasteiger partial charge is 0.227 e. The number of anilines is 3. The molecule has 3 heterocycles. The van der Waals surface area contributed by atoms with Gasteiger partial charge < -0.3 is 18.3 Å². The highest BCUT2D eigenvalue weighted by molar-refractivity contribution is 6.11. The summed E-state index contributed by atoms with van der Waals surface area (Å²) in [4.78, 5) is 7.25. The number of rotatable bonds is 5. The van der Waals surface area contributed by atoms with Crippen molar-refractivity contribution in [3.8, 4) is 17.1 Å². The molecule has 5 heteroatoms. The van der Waals surface area contributed by atoms with Crippen LogP contribution in [0.4, 0.5) is 17.1 Å². The molecule has 52 heavy (non-hydrogen) atoms. The molecule has 244 valence electrons. The highest BCUT2D eigenvalue weighted by Gasteiger charge is 2.20. The van der Waals surface area contributed by atoms with Crippen molar-refractivity contribution in [2.24, 2.45) is 0 Å². The van der Waals surface area contributed by atoms with E-state index in [0.717, 1.165) is 77.6 Å².